The molecule has 1 aromatic carbocycles. The lowest BCUT2D eigenvalue weighted by atomic mass is 10.1. The highest BCUT2D eigenvalue weighted by Gasteiger charge is 2.36. The van der Waals surface area contributed by atoms with Gasteiger partial charge in [0.1, 0.15) is 0 Å². The van der Waals surface area contributed by atoms with Crippen molar-refractivity contribution >= 4 is 33.4 Å². The predicted octanol–water partition coefficient (Wildman–Crippen LogP) is 3.73. The van der Waals surface area contributed by atoms with Gasteiger partial charge >= 0.3 is 0 Å². The van der Waals surface area contributed by atoms with E-state index in [0.717, 1.165) is 28.6 Å². The largest absolute Gasteiger partial charge is 0.339 e. The number of halogens is 1. The average Bonchev–Trinajstić information content (AvgIpc) is 2.87. The van der Waals surface area contributed by atoms with Crippen molar-refractivity contribution in [2.75, 3.05) is 11.9 Å². The summed E-state index contributed by atoms with van der Waals surface area (Å²) in [5, 5.41) is 2.93. The third-order valence-electron chi connectivity index (χ3n) is 4.34. The number of anilines is 1. The number of aryl methyl sites for hydroxylation is 1. The first-order valence-corrected chi connectivity index (χ1v) is 8.62. The van der Waals surface area contributed by atoms with Crippen LogP contribution < -0.4 is 5.32 Å². The standard InChI is InChI=1S/C17H23BrN2O2/c1-4-14(5-2)20-10-12(9-16(20)21)17(22)19-13-6-7-15(18)11(3)8-13/h6-8,12,14H,4-5,9-10H2,1-3H3,(H,19,22). The number of carbonyl (C=O) groups excluding carboxylic acids is 2. The molecule has 1 N–H and O–H groups in total. The van der Waals surface area contributed by atoms with Crippen LogP contribution in [0.2, 0.25) is 0 Å². The first-order chi connectivity index (χ1) is 10.5. The number of benzene rings is 1. The molecule has 1 aliphatic rings. The fourth-order valence-electron chi connectivity index (χ4n) is 2.96. The molecule has 1 fully saturated rings. The fourth-order valence-corrected chi connectivity index (χ4v) is 3.20. The van der Waals surface area contributed by atoms with E-state index in [-0.39, 0.29) is 23.8 Å². The number of likely N-dealkylation sites (tertiary alicyclic amines) is 1. The van der Waals surface area contributed by atoms with Crippen LogP contribution in [0.1, 0.15) is 38.7 Å². The van der Waals surface area contributed by atoms with Gasteiger partial charge < -0.3 is 10.2 Å². The van der Waals surface area contributed by atoms with Crippen molar-refractivity contribution in [3.63, 3.8) is 0 Å². The average molecular weight is 367 g/mol. The lowest BCUT2D eigenvalue weighted by Gasteiger charge is -2.26. The lowest BCUT2D eigenvalue weighted by molar-refractivity contribution is -0.130. The van der Waals surface area contributed by atoms with Crippen molar-refractivity contribution in [1.82, 2.24) is 4.90 Å². The molecule has 2 rings (SSSR count). The summed E-state index contributed by atoms with van der Waals surface area (Å²) >= 11 is 3.45. The van der Waals surface area contributed by atoms with Crippen molar-refractivity contribution in [1.29, 1.82) is 0 Å². The second-order valence-electron chi connectivity index (χ2n) is 5.87. The lowest BCUT2D eigenvalue weighted by Crippen LogP contribution is -2.36. The van der Waals surface area contributed by atoms with Gasteiger partial charge in [-0.2, -0.15) is 0 Å². The zero-order chi connectivity index (χ0) is 16.3. The van der Waals surface area contributed by atoms with E-state index in [1.54, 1.807) is 0 Å². The number of nitrogens with one attached hydrogen (secondary N) is 1. The van der Waals surface area contributed by atoms with Crippen LogP contribution in [0.25, 0.3) is 0 Å². The van der Waals surface area contributed by atoms with Crippen LogP contribution in [-0.2, 0) is 9.59 Å². The molecule has 120 valence electrons. The van der Waals surface area contributed by atoms with Crippen molar-refractivity contribution in [2.24, 2.45) is 5.92 Å². The molecule has 1 atom stereocenters. The summed E-state index contributed by atoms with van der Waals surface area (Å²) < 4.78 is 1.02. The maximum atomic E-state index is 12.4. The summed E-state index contributed by atoms with van der Waals surface area (Å²) in [4.78, 5) is 26.4. The Morgan fingerprint density at radius 1 is 1.41 bits per heavy atom. The van der Waals surface area contributed by atoms with E-state index in [0.29, 0.717) is 13.0 Å². The Bertz CT molecular complexity index is 570. The Balaban J connectivity index is 2.02. The minimum absolute atomic E-state index is 0.0662. The van der Waals surface area contributed by atoms with Crippen LogP contribution >= 0.6 is 15.9 Å². The van der Waals surface area contributed by atoms with Gasteiger partial charge in [-0.25, -0.2) is 0 Å². The van der Waals surface area contributed by atoms with Crippen LogP contribution in [0.15, 0.2) is 22.7 Å². The number of carbonyl (C=O) groups is 2. The molecule has 0 aliphatic carbocycles. The molecule has 4 nitrogen and oxygen atoms in total. The van der Waals surface area contributed by atoms with Gasteiger partial charge in [0.05, 0.1) is 5.92 Å². The molecule has 1 heterocycles. The quantitative estimate of drug-likeness (QED) is 0.862. The zero-order valence-corrected chi connectivity index (χ0v) is 14.9. The summed E-state index contributed by atoms with van der Waals surface area (Å²) in [6.07, 6.45) is 2.18. The molecule has 2 amide bonds. The van der Waals surface area contributed by atoms with E-state index in [1.165, 1.54) is 0 Å². The molecule has 1 aromatic rings. The first-order valence-electron chi connectivity index (χ1n) is 7.82. The van der Waals surface area contributed by atoms with Gasteiger partial charge in [0.15, 0.2) is 0 Å². The molecule has 1 aliphatic heterocycles. The highest BCUT2D eigenvalue weighted by atomic mass is 79.9. The van der Waals surface area contributed by atoms with Gasteiger partial charge in [0.2, 0.25) is 11.8 Å². The van der Waals surface area contributed by atoms with Crippen LogP contribution in [0.4, 0.5) is 5.69 Å². The third-order valence-corrected chi connectivity index (χ3v) is 5.23. The second-order valence-corrected chi connectivity index (χ2v) is 6.73. The third kappa shape index (κ3) is 3.69. The Hall–Kier alpha value is -1.36. The van der Waals surface area contributed by atoms with Gasteiger partial charge in [0.25, 0.3) is 0 Å². The molecule has 0 radical (unpaired) electrons. The normalized spacial score (nSPS) is 18.1. The highest BCUT2D eigenvalue weighted by Crippen LogP contribution is 2.25. The van der Waals surface area contributed by atoms with Crippen molar-refractivity contribution in [3.8, 4) is 0 Å². The number of rotatable bonds is 5. The highest BCUT2D eigenvalue weighted by molar-refractivity contribution is 9.10. The van der Waals surface area contributed by atoms with Gasteiger partial charge in [-0.05, 0) is 43.5 Å². The van der Waals surface area contributed by atoms with Crippen LogP contribution in [0.3, 0.4) is 0 Å². The molecular formula is C17H23BrN2O2. The summed E-state index contributed by atoms with van der Waals surface area (Å²) in [7, 11) is 0. The van der Waals surface area contributed by atoms with Crippen LogP contribution in [0, 0.1) is 12.8 Å². The summed E-state index contributed by atoms with van der Waals surface area (Å²) in [5.74, 6) is -0.221. The minimum Gasteiger partial charge on any atom is -0.339 e. The van der Waals surface area contributed by atoms with Crippen molar-refractivity contribution in [3.05, 3.63) is 28.2 Å². The first kappa shape index (κ1) is 17.0. The van der Waals surface area contributed by atoms with Gasteiger partial charge in [-0.1, -0.05) is 29.8 Å². The minimum atomic E-state index is -0.253. The zero-order valence-electron chi connectivity index (χ0n) is 13.4. The Morgan fingerprint density at radius 3 is 2.68 bits per heavy atom. The SMILES string of the molecule is CCC(CC)N1CC(C(=O)Nc2ccc(Br)c(C)c2)CC1=O. The Morgan fingerprint density at radius 2 is 2.09 bits per heavy atom. The molecular weight excluding hydrogens is 344 g/mol. The number of nitrogens with zero attached hydrogens (tertiary/aromatic N) is 1. The van der Waals surface area contributed by atoms with E-state index in [4.69, 9.17) is 0 Å². The molecule has 0 aromatic heterocycles. The summed E-state index contributed by atoms with van der Waals surface area (Å²) in [5.41, 5.74) is 1.85. The topological polar surface area (TPSA) is 49.4 Å². The number of amides is 2. The predicted molar refractivity (Wildman–Crippen MR) is 91.7 cm³/mol. The number of hydrogen-bond donors (Lipinski definition) is 1. The fraction of sp³-hybridized carbons (Fsp3) is 0.529. The van der Waals surface area contributed by atoms with Crippen LogP contribution in [0.5, 0.6) is 0 Å². The van der Waals surface area contributed by atoms with Crippen molar-refractivity contribution < 1.29 is 9.59 Å². The molecule has 1 unspecified atom stereocenters. The molecule has 0 bridgehead atoms. The van der Waals surface area contributed by atoms with E-state index in [1.807, 2.05) is 30.0 Å². The van der Waals surface area contributed by atoms with Gasteiger partial charge in [0, 0.05) is 29.2 Å². The van der Waals surface area contributed by atoms with E-state index >= 15 is 0 Å². The maximum absolute atomic E-state index is 12.4. The second kappa shape index (κ2) is 7.27. The molecule has 0 saturated carbocycles. The molecule has 5 heteroatoms. The van der Waals surface area contributed by atoms with Crippen molar-refractivity contribution in [2.45, 2.75) is 46.1 Å². The van der Waals surface area contributed by atoms with E-state index in [9.17, 15) is 9.59 Å². The van der Waals surface area contributed by atoms with Gasteiger partial charge in [-0.3, -0.25) is 9.59 Å². The smallest absolute Gasteiger partial charge is 0.229 e. The molecule has 22 heavy (non-hydrogen) atoms. The molecule has 0 spiro atoms. The maximum Gasteiger partial charge on any atom is 0.229 e. The summed E-state index contributed by atoms with van der Waals surface area (Å²) in [6.45, 7) is 6.68. The Labute approximate surface area is 140 Å². The van der Waals surface area contributed by atoms with Gasteiger partial charge in [-0.15, -0.1) is 0 Å². The van der Waals surface area contributed by atoms with E-state index < -0.39 is 0 Å². The van der Waals surface area contributed by atoms with Crippen LogP contribution in [-0.4, -0.2) is 29.3 Å². The van der Waals surface area contributed by atoms with E-state index in [2.05, 4.69) is 35.1 Å². The number of hydrogen-bond acceptors (Lipinski definition) is 2. The molecule has 1 saturated heterocycles. The Kier molecular flexibility index (Phi) is 5.62. The summed E-state index contributed by atoms with van der Waals surface area (Å²) in [6, 6.07) is 5.96. The monoisotopic (exact) mass is 366 g/mol.